The van der Waals surface area contributed by atoms with Gasteiger partial charge in [0.1, 0.15) is 6.07 Å². The Bertz CT molecular complexity index is 363. The molecule has 1 fully saturated rings. The molecule has 1 saturated carbocycles. The molecule has 0 amide bonds. The van der Waals surface area contributed by atoms with Gasteiger partial charge in [-0.15, -0.1) is 5.10 Å². The van der Waals surface area contributed by atoms with E-state index < -0.39 is 0 Å². The summed E-state index contributed by atoms with van der Waals surface area (Å²) in [7, 11) is 0. The number of nitrogens with one attached hydrogen (secondary N) is 1. The molecule has 78 valence electrons. The lowest BCUT2D eigenvalue weighted by Gasteiger charge is -2.23. The van der Waals surface area contributed by atoms with Gasteiger partial charge in [-0.2, -0.15) is 10.4 Å². The second-order valence-electron chi connectivity index (χ2n) is 3.88. The van der Waals surface area contributed by atoms with Crippen LogP contribution in [0.25, 0.3) is 0 Å². The summed E-state index contributed by atoms with van der Waals surface area (Å²) < 4.78 is 0. The Labute approximate surface area is 89.3 Å². The largest absolute Gasteiger partial charge is 0.365 e. The number of hydrogen-bond donors (Lipinski definition) is 1. The molecule has 15 heavy (non-hydrogen) atoms. The van der Waals surface area contributed by atoms with Crippen LogP contribution in [0.4, 0.5) is 5.82 Å². The lowest BCUT2D eigenvalue weighted by atomic mass is 9.95. The topological polar surface area (TPSA) is 61.6 Å². The van der Waals surface area contributed by atoms with Crippen molar-refractivity contribution in [1.82, 2.24) is 10.2 Å². The monoisotopic (exact) mass is 202 g/mol. The van der Waals surface area contributed by atoms with Crippen LogP contribution >= 0.6 is 0 Å². The van der Waals surface area contributed by atoms with Crippen LogP contribution in [0.1, 0.15) is 37.7 Å². The molecule has 0 bridgehead atoms. The zero-order valence-corrected chi connectivity index (χ0v) is 8.61. The van der Waals surface area contributed by atoms with Crippen LogP contribution in [0, 0.1) is 11.3 Å². The molecule has 4 heteroatoms. The molecule has 1 aliphatic rings. The molecule has 0 spiro atoms. The van der Waals surface area contributed by atoms with Crippen molar-refractivity contribution in [2.75, 3.05) is 5.32 Å². The van der Waals surface area contributed by atoms with Crippen LogP contribution in [0.15, 0.2) is 12.3 Å². The average Bonchev–Trinajstić information content (AvgIpc) is 2.31. The molecule has 2 rings (SSSR count). The Balaban J connectivity index is 2.06. The van der Waals surface area contributed by atoms with Crippen molar-refractivity contribution in [3.63, 3.8) is 0 Å². The Morgan fingerprint density at radius 2 is 2.13 bits per heavy atom. The Morgan fingerprint density at radius 1 is 1.33 bits per heavy atom. The molecule has 0 atom stereocenters. The van der Waals surface area contributed by atoms with E-state index in [-0.39, 0.29) is 0 Å². The minimum atomic E-state index is 0.461. The van der Waals surface area contributed by atoms with E-state index in [0.29, 0.717) is 17.4 Å². The molecule has 1 N–H and O–H groups in total. The van der Waals surface area contributed by atoms with Crippen molar-refractivity contribution in [3.05, 3.63) is 17.8 Å². The summed E-state index contributed by atoms with van der Waals surface area (Å²) in [6.07, 6.45) is 7.73. The van der Waals surface area contributed by atoms with Crippen molar-refractivity contribution >= 4 is 5.82 Å². The van der Waals surface area contributed by atoms with Gasteiger partial charge in [-0.3, -0.25) is 0 Å². The molecular formula is C11H14N4. The molecule has 0 unspecified atom stereocenters. The molecule has 0 saturated heterocycles. The molecule has 1 aromatic heterocycles. The van der Waals surface area contributed by atoms with Crippen LogP contribution in [0.2, 0.25) is 0 Å². The molecule has 1 aromatic rings. The number of nitrogens with zero attached hydrogens (tertiary/aromatic N) is 3. The van der Waals surface area contributed by atoms with Gasteiger partial charge in [0.2, 0.25) is 0 Å². The maximum Gasteiger partial charge on any atom is 0.166 e. The first-order valence-electron chi connectivity index (χ1n) is 5.38. The van der Waals surface area contributed by atoms with E-state index in [1.54, 1.807) is 12.3 Å². The van der Waals surface area contributed by atoms with Gasteiger partial charge in [-0.1, -0.05) is 19.3 Å². The van der Waals surface area contributed by atoms with Gasteiger partial charge < -0.3 is 5.32 Å². The minimum absolute atomic E-state index is 0.461. The SMILES string of the molecule is N#Cc1ccnnc1NC1CCCCC1. The van der Waals surface area contributed by atoms with Crippen LogP contribution in [0.3, 0.4) is 0 Å². The van der Waals surface area contributed by atoms with Crippen molar-refractivity contribution in [2.24, 2.45) is 0 Å². The second kappa shape index (κ2) is 4.74. The zero-order valence-electron chi connectivity index (χ0n) is 8.61. The zero-order chi connectivity index (χ0) is 10.5. The van der Waals surface area contributed by atoms with Crippen molar-refractivity contribution in [2.45, 2.75) is 38.1 Å². The van der Waals surface area contributed by atoms with Gasteiger partial charge in [0.15, 0.2) is 5.82 Å². The molecule has 4 nitrogen and oxygen atoms in total. The number of hydrogen-bond acceptors (Lipinski definition) is 4. The molecule has 1 aliphatic carbocycles. The maximum absolute atomic E-state index is 8.89. The standard InChI is InChI=1S/C11H14N4/c12-8-9-6-7-13-15-11(9)14-10-4-2-1-3-5-10/h6-7,10H,1-5H2,(H,14,15). The Morgan fingerprint density at radius 3 is 2.87 bits per heavy atom. The third-order valence-corrected chi connectivity index (χ3v) is 2.79. The number of aromatic nitrogens is 2. The van der Waals surface area contributed by atoms with Crippen molar-refractivity contribution in [3.8, 4) is 6.07 Å². The molecular weight excluding hydrogens is 188 g/mol. The lowest BCUT2D eigenvalue weighted by Crippen LogP contribution is -2.23. The summed E-state index contributed by atoms with van der Waals surface area (Å²) in [5.41, 5.74) is 0.579. The minimum Gasteiger partial charge on any atom is -0.365 e. The Hall–Kier alpha value is -1.63. The fraction of sp³-hybridized carbons (Fsp3) is 0.545. The number of rotatable bonds is 2. The Kier molecular flexibility index (Phi) is 3.13. The van der Waals surface area contributed by atoms with E-state index >= 15 is 0 Å². The quantitative estimate of drug-likeness (QED) is 0.797. The third-order valence-electron chi connectivity index (χ3n) is 2.79. The van der Waals surface area contributed by atoms with E-state index in [9.17, 15) is 0 Å². The van der Waals surface area contributed by atoms with Gasteiger partial charge in [0.05, 0.1) is 11.8 Å². The van der Waals surface area contributed by atoms with Gasteiger partial charge >= 0.3 is 0 Å². The number of anilines is 1. The third kappa shape index (κ3) is 2.44. The molecule has 0 aliphatic heterocycles. The smallest absolute Gasteiger partial charge is 0.166 e. The van der Waals surface area contributed by atoms with E-state index in [4.69, 9.17) is 5.26 Å². The van der Waals surface area contributed by atoms with Crippen LogP contribution in [-0.2, 0) is 0 Å². The highest BCUT2D eigenvalue weighted by molar-refractivity contribution is 5.50. The average molecular weight is 202 g/mol. The number of nitriles is 1. The highest BCUT2D eigenvalue weighted by atomic mass is 15.2. The summed E-state index contributed by atoms with van der Waals surface area (Å²) in [5, 5.41) is 19.9. The fourth-order valence-corrected chi connectivity index (χ4v) is 1.97. The van der Waals surface area contributed by atoms with E-state index in [1.807, 2.05) is 0 Å². The maximum atomic E-state index is 8.89. The second-order valence-corrected chi connectivity index (χ2v) is 3.88. The van der Waals surface area contributed by atoms with Gasteiger partial charge in [0, 0.05) is 6.04 Å². The summed E-state index contributed by atoms with van der Waals surface area (Å²) in [4.78, 5) is 0. The predicted molar refractivity (Wildman–Crippen MR) is 57.2 cm³/mol. The summed E-state index contributed by atoms with van der Waals surface area (Å²) in [6, 6.07) is 4.27. The summed E-state index contributed by atoms with van der Waals surface area (Å²) in [5.74, 6) is 0.631. The van der Waals surface area contributed by atoms with Crippen LogP contribution in [0.5, 0.6) is 0 Å². The first-order valence-corrected chi connectivity index (χ1v) is 5.38. The van der Waals surface area contributed by atoms with E-state index in [2.05, 4.69) is 21.6 Å². The van der Waals surface area contributed by atoms with Gasteiger partial charge in [-0.05, 0) is 18.9 Å². The molecule has 1 heterocycles. The highest BCUT2D eigenvalue weighted by Crippen LogP contribution is 2.21. The fourth-order valence-electron chi connectivity index (χ4n) is 1.97. The lowest BCUT2D eigenvalue weighted by molar-refractivity contribution is 0.461. The van der Waals surface area contributed by atoms with Crippen molar-refractivity contribution in [1.29, 1.82) is 5.26 Å². The molecule has 0 radical (unpaired) electrons. The van der Waals surface area contributed by atoms with Gasteiger partial charge in [-0.25, -0.2) is 0 Å². The first-order chi connectivity index (χ1) is 7.40. The van der Waals surface area contributed by atoms with Crippen molar-refractivity contribution < 1.29 is 0 Å². The van der Waals surface area contributed by atoms with Crippen LogP contribution < -0.4 is 5.32 Å². The van der Waals surface area contributed by atoms with E-state index in [0.717, 1.165) is 0 Å². The normalized spacial score (nSPS) is 17.0. The predicted octanol–water partition coefficient (Wildman–Crippen LogP) is 2.09. The highest BCUT2D eigenvalue weighted by Gasteiger charge is 2.15. The van der Waals surface area contributed by atoms with E-state index in [1.165, 1.54) is 32.1 Å². The first kappa shape index (κ1) is 9.91. The summed E-state index contributed by atoms with van der Waals surface area (Å²) in [6.45, 7) is 0. The van der Waals surface area contributed by atoms with Crippen LogP contribution in [-0.4, -0.2) is 16.2 Å². The summed E-state index contributed by atoms with van der Waals surface area (Å²) >= 11 is 0. The molecule has 0 aromatic carbocycles. The van der Waals surface area contributed by atoms with Gasteiger partial charge in [0.25, 0.3) is 0 Å².